The number of sulfonamides is 1. The maximum atomic E-state index is 12.8. The van der Waals surface area contributed by atoms with Crippen molar-refractivity contribution in [2.45, 2.75) is 31.2 Å². The van der Waals surface area contributed by atoms with Gasteiger partial charge in [-0.3, -0.25) is 18.9 Å². The summed E-state index contributed by atoms with van der Waals surface area (Å²) in [5, 5.41) is 0. The molecule has 8 nitrogen and oxygen atoms in total. The van der Waals surface area contributed by atoms with Gasteiger partial charge in [0.25, 0.3) is 10.0 Å². The summed E-state index contributed by atoms with van der Waals surface area (Å²) in [6, 6.07) is 11.8. The summed E-state index contributed by atoms with van der Waals surface area (Å²) in [4.78, 5) is 26.5. The number of nitrogens with one attached hydrogen (secondary N) is 1. The number of amides is 1. The fourth-order valence-corrected chi connectivity index (χ4v) is 5.74. The van der Waals surface area contributed by atoms with Crippen LogP contribution < -0.4 is 9.60 Å². The zero-order chi connectivity index (χ0) is 22.7. The van der Waals surface area contributed by atoms with Crippen LogP contribution in [-0.2, 0) is 32.5 Å². The normalized spacial score (nSPS) is 14.6. The van der Waals surface area contributed by atoms with Gasteiger partial charge in [0.15, 0.2) is 0 Å². The smallest absolute Gasteiger partial charge is 0.308 e. The maximum Gasteiger partial charge on any atom is 0.308 e. The molecule has 0 aliphatic carbocycles. The first-order valence-electron chi connectivity index (χ1n) is 10.5. The molecular formula is C22H25N3O5S2. The van der Waals surface area contributed by atoms with Crippen LogP contribution in [0.2, 0.25) is 0 Å². The van der Waals surface area contributed by atoms with Gasteiger partial charge in [0.1, 0.15) is 0 Å². The van der Waals surface area contributed by atoms with E-state index in [4.69, 9.17) is 4.74 Å². The van der Waals surface area contributed by atoms with Crippen molar-refractivity contribution in [1.29, 1.82) is 0 Å². The van der Waals surface area contributed by atoms with E-state index in [1.165, 1.54) is 16.7 Å². The van der Waals surface area contributed by atoms with Crippen molar-refractivity contribution in [3.05, 3.63) is 57.7 Å². The van der Waals surface area contributed by atoms with Crippen LogP contribution in [0.25, 0.3) is 10.2 Å². The van der Waals surface area contributed by atoms with Gasteiger partial charge in [-0.25, -0.2) is 8.42 Å². The first-order chi connectivity index (χ1) is 15.4. The second-order valence-electron chi connectivity index (χ2n) is 7.55. The third-order valence-corrected chi connectivity index (χ3v) is 7.80. The van der Waals surface area contributed by atoms with Crippen LogP contribution in [0, 0.1) is 0 Å². The summed E-state index contributed by atoms with van der Waals surface area (Å²) in [5.74, 6) is -0.0166. The first kappa shape index (κ1) is 22.5. The van der Waals surface area contributed by atoms with Crippen LogP contribution in [0.4, 0.5) is 5.69 Å². The summed E-state index contributed by atoms with van der Waals surface area (Å²) in [6.07, 6.45) is 1.08. The molecule has 0 atom stereocenters. The number of aromatic nitrogens is 1. The van der Waals surface area contributed by atoms with Crippen molar-refractivity contribution in [2.24, 2.45) is 0 Å². The van der Waals surface area contributed by atoms with Crippen LogP contribution in [0.15, 0.2) is 52.2 Å². The van der Waals surface area contributed by atoms with Gasteiger partial charge in [0, 0.05) is 31.7 Å². The van der Waals surface area contributed by atoms with Gasteiger partial charge >= 0.3 is 4.87 Å². The molecule has 0 unspecified atom stereocenters. The lowest BCUT2D eigenvalue weighted by Gasteiger charge is -2.26. The number of hydrogen-bond donors (Lipinski definition) is 1. The molecule has 0 radical (unpaired) electrons. The highest BCUT2D eigenvalue weighted by molar-refractivity contribution is 7.92. The monoisotopic (exact) mass is 475 g/mol. The molecule has 1 saturated heterocycles. The highest BCUT2D eigenvalue weighted by Gasteiger charge is 2.19. The summed E-state index contributed by atoms with van der Waals surface area (Å²) in [5.41, 5.74) is 2.23. The molecular weight excluding hydrogens is 450 g/mol. The molecule has 0 saturated carbocycles. The minimum absolute atomic E-state index is 0.0166. The number of morpholine rings is 1. The number of carbonyl (C=O) groups is 1. The molecule has 1 aromatic heterocycles. The Kier molecular flexibility index (Phi) is 6.63. The molecule has 32 heavy (non-hydrogen) atoms. The molecule has 0 spiro atoms. The summed E-state index contributed by atoms with van der Waals surface area (Å²) in [6.45, 7) is 4.47. The average Bonchev–Trinajstić information content (AvgIpc) is 3.12. The summed E-state index contributed by atoms with van der Waals surface area (Å²) >= 11 is 0.978. The SMILES string of the molecule is CCc1ccc(NS(=O)(=O)c2ccc3c(c2)sc(=O)n3CCC(=O)N2CCOCC2)cc1. The lowest BCUT2D eigenvalue weighted by molar-refractivity contribution is -0.135. The molecule has 2 aromatic carbocycles. The standard InChI is InChI=1S/C22H25N3O5S2/c1-2-16-3-5-17(6-4-16)23-32(28,29)18-7-8-19-20(15-18)31-22(27)25(19)10-9-21(26)24-11-13-30-14-12-24/h3-8,15,23H,2,9-14H2,1H3. The minimum Gasteiger partial charge on any atom is -0.378 e. The van der Waals surface area contributed by atoms with Crippen LogP contribution in [0.5, 0.6) is 0 Å². The Morgan fingerprint density at radius 3 is 2.53 bits per heavy atom. The van der Waals surface area contributed by atoms with E-state index in [1.807, 2.05) is 19.1 Å². The van der Waals surface area contributed by atoms with Crippen molar-refractivity contribution in [1.82, 2.24) is 9.47 Å². The summed E-state index contributed by atoms with van der Waals surface area (Å²) < 4.78 is 35.6. The number of benzene rings is 2. The average molecular weight is 476 g/mol. The maximum absolute atomic E-state index is 12.8. The number of carbonyl (C=O) groups excluding carboxylic acids is 1. The van der Waals surface area contributed by atoms with Crippen molar-refractivity contribution < 1.29 is 17.9 Å². The predicted octanol–water partition coefficient (Wildman–Crippen LogP) is 2.68. The Morgan fingerprint density at radius 1 is 1.12 bits per heavy atom. The van der Waals surface area contributed by atoms with E-state index in [0.29, 0.717) is 42.2 Å². The van der Waals surface area contributed by atoms with E-state index < -0.39 is 10.0 Å². The topological polar surface area (TPSA) is 97.7 Å². The van der Waals surface area contributed by atoms with E-state index in [1.54, 1.807) is 23.1 Å². The van der Waals surface area contributed by atoms with E-state index in [-0.39, 0.29) is 28.6 Å². The molecule has 3 aromatic rings. The number of anilines is 1. The van der Waals surface area contributed by atoms with Crippen molar-refractivity contribution >= 4 is 43.2 Å². The van der Waals surface area contributed by atoms with Gasteiger partial charge in [0.05, 0.1) is 28.3 Å². The fraction of sp³-hybridized carbons (Fsp3) is 0.364. The van der Waals surface area contributed by atoms with Crippen LogP contribution >= 0.6 is 11.3 Å². The lowest BCUT2D eigenvalue weighted by Crippen LogP contribution is -2.41. The third kappa shape index (κ3) is 4.87. The number of aryl methyl sites for hydroxylation is 2. The molecule has 1 aliphatic heterocycles. The van der Waals surface area contributed by atoms with E-state index in [9.17, 15) is 18.0 Å². The van der Waals surface area contributed by atoms with Crippen molar-refractivity contribution in [2.75, 3.05) is 31.0 Å². The number of ether oxygens (including phenoxy) is 1. The molecule has 170 valence electrons. The van der Waals surface area contributed by atoms with Gasteiger partial charge in [-0.1, -0.05) is 30.4 Å². The number of rotatable bonds is 7. The Balaban J connectivity index is 1.51. The Labute approximate surface area is 190 Å². The van der Waals surface area contributed by atoms with E-state index >= 15 is 0 Å². The number of nitrogens with zero attached hydrogens (tertiary/aromatic N) is 2. The molecule has 1 fully saturated rings. The van der Waals surface area contributed by atoms with Gasteiger partial charge in [0.2, 0.25) is 5.91 Å². The highest BCUT2D eigenvalue weighted by atomic mass is 32.2. The number of hydrogen-bond acceptors (Lipinski definition) is 6. The quantitative estimate of drug-likeness (QED) is 0.567. The van der Waals surface area contributed by atoms with Crippen LogP contribution in [0.1, 0.15) is 18.9 Å². The van der Waals surface area contributed by atoms with Crippen molar-refractivity contribution in [3.8, 4) is 0 Å². The van der Waals surface area contributed by atoms with E-state index in [0.717, 1.165) is 23.3 Å². The Bertz CT molecular complexity index is 1270. The molecule has 1 aliphatic rings. The van der Waals surface area contributed by atoms with Gasteiger partial charge < -0.3 is 9.64 Å². The van der Waals surface area contributed by atoms with Crippen LogP contribution in [-0.4, -0.2) is 50.1 Å². The minimum atomic E-state index is -3.80. The Hall–Kier alpha value is -2.69. The first-order valence-corrected chi connectivity index (χ1v) is 12.8. The highest BCUT2D eigenvalue weighted by Crippen LogP contribution is 2.24. The second kappa shape index (κ2) is 9.43. The molecule has 0 bridgehead atoms. The van der Waals surface area contributed by atoms with Gasteiger partial charge in [-0.15, -0.1) is 0 Å². The Morgan fingerprint density at radius 2 is 1.84 bits per heavy atom. The van der Waals surface area contributed by atoms with Crippen molar-refractivity contribution in [3.63, 3.8) is 0 Å². The molecule has 10 heteroatoms. The number of thiazole rings is 1. The molecule has 1 N–H and O–H groups in total. The molecule has 2 heterocycles. The largest absolute Gasteiger partial charge is 0.378 e. The second-order valence-corrected chi connectivity index (χ2v) is 10.2. The predicted molar refractivity (Wildman–Crippen MR) is 125 cm³/mol. The number of fused-ring (bicyclic) bond motifs is 1. The van der Waals surface area contributed by atoms with Gasteiger partial charge in [-0.05, 0) is 42.3 Å². The summed E-state index contributed by atoms with van der Waals surface area (Å²) in [7, 11) is -3.80. The van der Waals surface area contributed by atoms with E-state index in [2.05, 4.69) is 4.72 Å². The molecule has 1 amide bonds. The van der Waals surface area contributed by atoms with Crippen LogP contribution in [0.3, 0.4) is 0 Å². The zero-order valence-corrected chi connectivity index (χ0v) is 19.4. The lowest BCUT2D eigenvalue weighted by atomic mass is 10.2. The zero-order valence-electron chi connectivity index (χ0n) is 17.7. The molecule has 4 rings (SSSR count). The third-order valence-electron chi connectivity index (χ3n) is 5.48. The van der Waals surface area contributed by atoms with Gasteiger partial charge in [-0.2, -0.15) is 0 Å². The fourth-order valence-electron chi connectivity index (χ4n) is 3.63.